The highest BCUT2D eigenvalue weighted by Crippen LogP contribution is 2.39. The lowest BCUT2D eigenvalue weighted by atomic mass is 9.93. The molecule has 7 heteroatoms. The zero-order chi connectivity index (χ0) is 23.5. The van der Waals surface area contributed by atoms with Gasteiger partial charge < -0.3 is 14.4 Å². The van der Waals surface area contributed by atoms with E-state index < -0.39 is 11.2 Å². The van der Waals surface area contributed by atoms with Gasteiger partial charge in [-0.15, -0.1) is 0 Å². The summed E-state index contributed by atoms with van der Waals surface area (Å²) >= 11 is 0. The summed E-state index contributed by atoms with van der Waals surface area (Å²) < 4.78 is 11.5. The molecule has 2 aliphatic rings. The van der Waals surface area contributed by atoms with Crippen LogP contribution >= 0.6 is 0 Å². The second kappa shape index (κ2) is 9.67. The molecule has 1 aromatic rings. The molecule has 0 radical (unpaired) electrons. The maximum Gasteiger partial charge on any atom is 0.416 e. The van der Waals surface area contributed by atoms with E-state index in [9.17, 15) is 9.59 Å². The van der Waals surface area contributed by atoms with Crippen molar-refractivity contribution in [2.45, 2.75) is 110 Å². The summed E-state index contributed by atoms with van der Waals surface area (Å²) in [6.07, 6.45) is 7.92. The van der Waals surface area contributed by atoms with Crippen molar-refractivity contribution in [3.05, 3.63) is 23.9 Å². The normalized spacial score (nSPS) is 20.2. The van der Waals surface area contributed by atoms with E-state index in [1.165, 1.54) is 6.42 Å². The minimum atomic E-state index is -0.602. The lowest BCUT2D eigenvalue weighted by Gasteiger charge is -2.37. The first-order chi connectivity index (χ1) is 15.0. The fourth-order valence-corrected chi connectivity index (χ4v) is 4.56. The highest BCUT2D eigenvalue weighted by Gasteiger charge is 2.38. The van der Waals surface area contributed by atoms with Crippen LogP contribution < -0.4 is 4.90 Å². The summed E-state index contributed by atoms with van der Waals surface area (Å²) in [5, 5.41) is 0. The summed E-state index contributed by atoms with van der Waals surface area (Å²) in [6.45, 7) is 11.9. The monoisotopic (exact) mass is 445 g/mol. The Morgan fingerprint density at radius 1 is 0.969 bits per heavy atom. The Morgan fingerprint density at radius 2 is 1.62 bits per heavy atom. The lowest BCUT2D eigenvalue weighted by Crippen LogP contribution is -2.46. The number of carbonyl (C=O) groups is 2. The summed E-state index contributed by atoms with van der Waals surface area (Å²) in [4.78, 5) is 34.5. The number of rotatable bonds is 3. The number of likely N-dealkylation sites (tertiary alicyclic amines) is 1. The molecule has 1 aliphatic carbocycles. The molecular formula is C25H39N3O4. The van der Waals surface area contributed by atoms with E-state index in [4.69, 9.17) is 9.47 Å². The Labute approximate surface area is 192 Å². The van der Waals surface area contributed by atoms with Crippen LogP contribution in [0.3, 0.4) is 0 Å². The van der Waals surface area contributed by atoms with E-state index in [0.717, 1.165) is 44.1 Å². The number of hydrogen-bond donors (Lipinski definition) is 0. The zero-order valence-electron chi connectivity index (χ0n) is 20.5. The van der Waals surface area contributed by atoms with Gasteiger partial charge in [0.1, 0.15) is 17.0 Å². The summed E-state index contributed by atoms with van der Waals surface area (Å²) in [5.41, 5.74) is -0.283. The van der Waals surface area contributed by atoms with Gasteiger partial charge in [0.15, 0.2) is 0 Å². The largest absolute Gasteiger partial charge is 0.444 e. The van der Waals surface area contributed by atoms with Gasteiger partial charge in [-0.3, -0.25) is 4.90 Å². The molecule has 1 aliphatic heterocycles. The average Bonchev–Trinajstić information content (AvgIpc) is 3.17. The van der Waals surface area contributed by atoms with Crippen molar-refractivity contribution in [1.82, 2.24) is 9.88 Å². The third-order valence-corrected chi connectivity index (χ3v) is 5.81. The molecule has 2 heterocycles. The molecule has 1 atom stereocenters. The molecule has 0 bridgehead atoms. The minimum Gasteiger partial charge on any atom is -0.444 e. The molecule has 1 aromatic heterocycles. The van der Waals surface area contributed by atoms with Crippen LogP contribution in [0.2, 0.25) is 0 Å². The van der Waals surface area contributed by atoms with Gasteiger partial charge in [-0.05, 0) is 73.3 Å². The number of hydrogen-bond acceptors (Lipinski definition) is 5. The third kappa shape index (κ3) is 6.14. The number of amides is 2. The van der Waals surface area contributed by atoms with Gasteiger partial charge in [0.2, 0.25) is 0 Å². The van der Waals surface area contributed by atoms with Crippen molar-refractivity contribution < 1.29 is 19.1 Å². The van der Waals surface area contributed by atoms with Crippen LogP contribution in [0.15, 0.2) is 18.3 Å². The van der Waals surface area contributed by atoms with Crippen LogP contribution in [0, 0.1) is 0 Å². The number of ether oxygens (including phenoxy) is 2. The number of pyridine rings is 1. The molecule has 1 saturated heterocycles. The van der Waals surface area contributed by atoms with Gasteiger partial charge in [0.05, 0.1) is 6.04 Å². The summed E-state index contributed by atoms with van der Waals surface area (Å²) in [6, 6.07) is 3.72. The van der Waals surface area contributed by atoms with E-state index in [1.54, 1.807) is 16.0 Å². The SMILES string of the molecule is CC(C)(C)OC(=O)N1CCCC1c1cccnc1N(C(=O)OC(C)(C)C)C1CCCCC1. The number of anilines is 1. The van der Waals surface area contributed by atoms with Crippen LogP contribution in [0.5, 0.6) is 0 Å². The molecule has 3 rings (SSSR count). The van der Waals surface area contributed by atoms with Crippen LogP contribution in [0.25, 0.3) is 0 Å². The van der Waals surface area contributed by atoms with Crippen LogP contribution in [-0.4, -0.2) is 45.9 Å². The second-order valence-corrected chi connectivity index (χ2v) is 10.9. The van der Waals surface area contributed by atoms with Gasteiger partial charge in [0.25, 0.3) is 0 Å². The van der Waals surface area contributed by atoms with Crippen molar-refractivity contribution in [1.29, 1.82) is 0 Å². The second-order valence-electron chi connectivity index (χ2n) is 10.9. The first-order valence-corrected chi connectivity index (χ1v) is 11.9. The lowest BCUT2D eigenvalue weighted by molar-refractivity contribution is 0.0224. The van der Waals surface area contributed by atoms with Crippen molar-refractivity contribution in [3.63, 3.8) is 0 Å². The van der Waals surface area contributed by atoms with Gasteiger partial charge in [-0.25, -0.2) is 14.6 Å². The first kappa shape index (κ1) is 24.3. The van der Waals surface area contributed by atoms with Gasteiger partial charge in [-0.2, -0.15) is 0 Å². The maximum absolute atomic E-state index is 13.4. The Kier molecular flexibility index (Phi) is 7.36. The molecule has 32 heavy (non-hydrogen) atoms. The van der Waals surface area contributed by atoms with Gasteiger partial charge in [-0.1, -0.05) is 25.3 Å². The Hall–Kier alpha value is -2.31. The molecular weight excluding hydrogens is 406 g/mol. The standard InChI is InChI=1S/C25H39N3O4/c1-24(2,3)31-22(29)27-17-11-15-20(27)19-14-10-16-26-21(19)28(18-12-8-7-9-13-18)23(30)32-25(4,5)6/h10,14,16,18,20H,7-9,11-13,15,17H2,1-6H3. The fraction of sp³-hybridized carbons (Fsp3) is 0.720. The predicted octanol–water partition coefficient (Wildman–Crippen LogP) is 6.23. The summed E-state index contributed by atoms with van der Waals surface area (Å²) in [7, 11) is 0. The molecule has 0 spiro atoms. The Morgan fingerprint density at radius 3 is 2.25 bits per heavy atom. The fourth-order valence-electron chi connectivity index (χ4n) is 4.56. The van der Waals surface area contributed by atoms with Crippen molar-refractivity contribution >= 4 is 18.0 Å². The maximum atomic E-state index is 13.4. The minimum absolute atomic E-state index is 0.0450. The molecule has 0 N–H and O–H groups in total. The molecule has 178 valence electrons. The van der Waals surface area contributed by atoms with E-state index in [-0.39, 0.29) is 24.3 Å². The van der Waals surface area contributed by atoms with Gasteiger partial charge in [0, 0.05) is 24.3 Å². The Bertz CT molecular complexity index is 806. The highest BCUT2D eigenvalue weighted by molar-refractivity contribution is 5.88. The zero-order valence-corrected chi connectivity index (χ0v) is 20.5. The predicted molar refractivity (Wildman–Crippen MR) is 125 cm³/mol. The molecule has 0 aromatic carbocycles. The van der Waals surface area contributed by atoms with Crippen molar-refractivity contribution in [2.24, 2.45) is 0 Å². The van der Waals surface area contributed by atoms with Crippen LogP contribution in [0.4, 0.5) is 15.4 Å². The van der Waals surface area contributed by atoms with Gasteiger partial charge >= 0.3 is 12.2 Å². The van der Waals surface area contributed by atoms with Crippen molar-refractivity contribution in [3.8, 4) is 0 Å². The van der Waals surface area contributed by atoms with Crippen molar-refractivity contribution in [2.75, 3.05) is 11.4 Å². The number of nitrogens with zero attached hydrogens (tertiary/aromatic N) is 3. The first-order valence-electron chi connectivity index (χ1n) is 11.9. The summed E-state index contributed by atoms with van der Waals surface area (Å²) in [5.74, 6) is 0.606. The smallest absolute Gasteiger partial charge is 0.416 e. The van der Waals surface area contributed by atoms with E-state index in [1.807, 2.05) is 53.7 Å². The number of aromatic nitrogens is 1. The molecule has 1 unspecified atom stereocenters. The van der Waals surface area contributed by atoms with E-state index in [2.05, 4.69) is 4.98 Å². The average molecular weight is 446 g/mol. The topological polar surface area (TPSA) is 72.0 Å². The Balaban J connectivity index is 1.97. The molecule has 2 amide bonds. The molecule has 1 saturated carbocycles. The number of carbonyl (C=O) groups excluding carboxylic acids is 2. The third-order valence-electron chi connectivity index (χ3n) is 5.81. The van der Waals surface area contributed by atoms with Crippen LogP contribution in [0.1, 0.15) is 98.1 Å². The van der Waals surface area contributed by atoms with Crippen LogP contribution in [-0.2, 0) is 9.47 Å². The molecule has 7 nitrogen and oxygen atoms in total. The van der Waals surface area contributed by atoms with E-state index in [0.29, 0.717) is 12.4 Å². The quantitative estimate of drug-likeness (QED) is 0.552. The molecule has 2 fully saturated rings. The highest BCUT2D eigenvalue weighted by atomic mass is 16.6. The van der Waals surface area contributed by atoms with E-state index >= 15 is 0 Å².